The minimum Gasteiger partial charge on any atom is -0.208 e. The maximum Gasteiger partial charge on any atom is 0.248 e. The Morgan fingerprint density at radius 2 is 1.50 bits per heavy atom. The van der Waals surface area contributed by atoms with E-state index in [2.05, 4.69) is 4.72 Å². The van der Waals surface area contributed by atoms with Gasteiger partial charge in [0, 0.05) is 18.9 Å². The van der Waals surface area contributed by atoms with Crippen molar-refractivity contribution in [3.05, 3.63) is 29.8 Å². The van der Waals surface area contributed by atoms with Gasteiger partial charge in [0.2, 0.25) is 15.9 Å². The lowest BCUT2D eigenvalue weighted by atomic mass is 9.84. The van der Waals surface area contributed by atoms with Crippen LogP contribution in [0.1, 0.15) is 69.3 Å². The number of rotatable bonds is 4. The van der Waals surface area contributed by atoms with Crippen LogP contribution in [0.4, 0.5) is 8.78 Å². The molecule has 1 aromatic rings. The first-order chi connectivity index (χ1) is 11.4. The molecule has 1 aromatic carbocycles. The van der Waals surface area contributed by atoms with Gasteiger partial charge >= 0.3 is 0 Å². The molecule has 0 radical (unpaired) electrons. The lowest BCUT2D eigenvalue weighted by Gasteiger charge is -2.28. The van der Waals surface area contributed by atoms with E-state index < -0.39 is 22.0 Å². The molecule has 2 saturated carbocycles. The molecular weight excluding hydrogens is 332 g/mol. The number of nitrogens with one attached hydrogen (secondary N) is 1. The lowest BCUT2D eigenvalue weighted by Crippen LogP contribution is -2.40. The average molecular weight is 357 g/mol. The Morgan fingerprint density at radius 1 is 0.917 bits per heavy atom. The molecule has 0 spiro atoms. The fraction of sp³-hybridized carbons (Fsp3) is 0.667. The molecule has 0 heterocycles. The summed E-state index contributed by atoms with van der Waals surface area (Å²) in [5, 5.41) is 0. The molecule has 0 saturated heterocycles. The quantitative estimate of drug-likeness (QED) is 0.857. The van der Waals surface area contributed by atoms with E-state index in [1.54, 1.807) is 12.1 Å². The molecule has 2 fully saturated rings. The number of benzene rings is 1. The Kier molecular flexibility index (Phi) is 5.25. The predicted octanol–water partition coefficient (Wildman–Crippen LogP) is 4.59. The van der Waals surface area contributed by atoms with E-state index in [9.17, 15) is 17.2 Å². The van der Waals surface area contributed by atoms with Crippen LogP contribution in [0, 0.1) is 0 Å². The first kappa shape index (κ1) is 17.8. The largest absolute Gasteiger partial charge is 0.248 e. The van der Waals surface area contributed by atoms with Crippen LogP contribution in [0.3, 0.4) is 0 Å². The molecule has 0 bridgehead atoms. The van der Waals surface area contributed by atoms with E-state index >= 15 is 0 Å². The Labute approximate surface area is 142 Å². The number of alkyl halides is 2. The second kappa shape index (κ2) is 7.08. The second-order valence-corrected chi connectivity index (χ2v) is 8.87. The fourth-order valence-electron chi connectivity index (χ4n) is 3.80. The third-order valence-electron chi connectivity index (χ3n) is 5.31. The maximum atomic E-state index is 13.2. The molecule has 3 rings (SSSR count). The van der Waals surface area contributed by atoms with Crippen LogP contribution in [-0.4, -0.2) is 20.4 Å². The molecule has 1 N–H and O–H groups in total. The molecule has 2 aliphatic rings. The van der Waals surface area contributed by atoms with E-state index in [4.69, 9.17) is 0 Å². The highest BCUT2D eigenvalue weighted by atomic mass is 32.2. The first-order valence-corrected chi connectivity index (χ1v) is 10.3. The molecule has 0 aliphatic heterocycles. The summed E-state index contributed by atoms with van der Waals surface area (Å²) < 4.78 is 53.8. The molecule has 134 valence electrons. The van der Waals surface area contributed by atoms with Crippen LogP contribution >= 0.6 is 0 Å². The summed E-state index contributed by atoms with van der Waals surface area (Å²) in [7, 11) is -3.64. The van der Waals surface area contributed by atoms with Gasteiger partial charge in [-0.25, -0.2) is 21.9 Å². The smallest absolute Gasteiger partial charge is 0.208 e. The molecular formula is C18H25F2NO2S. The Bertz CT molecular complexity index is 642. The normalized spacial score (nSPS) is 23.2. The molecule has 2 aliphatic carbocycles. The summed E-state index contributed by atoms with van der Waals surface area (Å²) in [4.78, 5) is 0.222. The van der Waals surface area contributed by atoms with Crippen molar-refractivity contribution in [3.8, 4) is 0 Å². The van der Waals surface area contributed by atoms with Crippen molar-refractivity contribution < 1.29 is 17.2 Å². The van der Waals surface area contributed by atoms with Crippen LogP contribution in [0.2, 0.25) is 0 Å². The number of sulfonamides is 1. The number of hydrogen-bond acceptors (Lipinski definition) is 2. The standard InChI is InChI=1S/C18H25F2NO2S/c19-18(20)12-10-16(11-13-18)21-24(22,23)17-8-6-15(7-9-17)14-4-2-1-3-5-14/h6-9,14,16,21H,1-5,10-13H2. The van der Waals surface area contributed by atoms with Crippen LogP contribution in [0.15, 0.2) is 29.2 Å². The van der Waals surface area contributed by atoms with Crippen LogP contribution in [0.25, 0.3) is 0 Å². The van der Waals surface area contributed by atoms with Crippen molar-refractivity contribution in [3.63, 3.8) is 0 Å². The van der Waals surface area contributed by atoms with Crippen molar-refractivity contribution in [2.24, 2.45) is 0 Å². The van der Waals surface area contributed by atoms with E-state index in [-0.39, 0.29) is 30.6 Å². The third-order valence-corrected chi connectivity index (χ3v) is 6.84. The summed E-state index contributed by atoms with van der Waals surface area (Å²) >= 11 is 0. The van der Waals surface area contributed by atoms with Gasteiger partial charge in [-0.15, -0.1) is 0 Å². The minimum atomic E-state index is -3.64. The predicted molar refractivity (Wildman–Crippen MR) is 89.8 cm³/mol. The highest BCUT2D eigenvalue weighted by Crippen LogP contribution is 2.34. The zero-order valence-electron chi connectivity index (χ0n) is 13.8. The summed E-state index contributed by atoms with van der Waals surface area (Å²) in [6.45, 7) is 0. The van der Waals surface area contributed by atoms with Crippen molar-refractivity contribution in [2.45, 2.75) is 80.6 Å². The van der Waals surface area contributed by atoms with Crippen LogP contribution in [-0.2, 0) is 10.0 Å². The van der Waals surface area contributed by atoms with Gasteiger partial charge < -0.3 is 0 Å². The highest BCUT2D eigenvalue weighted by Gasteiger charge is 2.36. The van der Waals surface area contributed by atoms with Crippen LogP contribution < -0.4 is 4.72 Å². The molecule has 3 nitrogen and oxygen atoms in total. The van der Waals surface area contributed by atoms with Crippen molar-refractivity contribution in [2.75, 3.05) is 0 Å². The topological polar surface area (TPSA) is 46.2 Å². The lowest BCUT2D eigenvalue weighted by molar-refractivity contribution is -0.0387. The van der Waals surface area contributed by atoms with Gasteiger partial charge in [0.05, 0.1) is 4.90 Å². The van der Waals surface area contributed by atoms with Gasteiger partial charge in [-0.05, 0) is 49.3 Å². The Hall–Kier alpha value is -1.01. The van der Waals surface area contributed by atoms with Gasteiger partial charge in [0.15, 0.2) is 0 Å². The molecule has 24 heavy (non-hydrogen) atoms. The maximum absolute atomic E-state index is 13.2. The molecule has 0 amide bonds. The fourth-order valence-corrected chi connectivity index (χ4v) is 5.11. The second-order valence-electron chi connectivity index (χ2n) is 7.16. The van der Waals surface area contributed by atoms with Crippen molar-refractivity contribution in [1.82, 2.24) is 4.72 Å². The van der Waals surface area contributed by atoms with Crippen molar-refractivity contribution >= 4 is 10.0 Å². The molecule has 0 unspecified atom stereocenters. The monoisotopic (exact) mass is 357 g/mol. The summed E-state index contributed by atoms with van der Waals surface area (Å²) in [5.74, 6) is -2.12. The first-order valence-electron chi connectivity index (χ1n) is 8.86. The van der Waals surface area contributed by atoms with E-state index in [1.807, 2.05) is 12.1 Å². The zero-order chi connectivity index (χ0) is 17.2. The van der Waals surface area contributed by atoms with Gasteiger partial charge in [-0.2, -0.15) is 0 Å². The van der Waals surface area contributed by atoms with Gasteiger partial charge in [-0.1, -0.05) is 31.4 Å². The molecule has 6 heteroatoms. The average Bonchev–Trinajstić information content (AvgIpc) is 2.58. The zero-order valence-corrected chi connectivity index (χ0v) is 14.6. The molecule has 0 aromatic heterocycles. The SMILES string of the molecule is O=S(=O)(NC1CCC(F)(F)CC1)c1ccc(C2CCCCC2)cc1. The third kappa shape index (κ3) is 4.33. The van der Waals surface area contributed by atoms with E-state index in [1.165, 1.54) is 37.7 Å². The van der Waals surface area contributed by atoms with Crippen molar-refractivity contribution in [1.29, 1.82) is 0 Å². The number of halogens is 2. The summed E-state index contributed by atoms with van der Waals surface area (Å²) in [6.07, 6.45) is 5.96. The summed E-state index contributed by atoms with van der Waals surface area (Å²) in [5.41, 5.74) is 1.20. The van der Waals surface area contributed by atoms with E-state index in [0.717, 1.165) is 0 Å². The van der Waals surface area contributed by atoms with E-state index in [0.29, 0.717) is 5.92 Å². The highest BCUT2D eigenvalue weighted by molar-refractivity contribution is 7.89. The van der Waals surface area contributed by atoms with Gasteiger partial charge in [0.25, 0.3) is 0 Å². The summed E-state index contributed by atoms with van der Waals surface area (Å²) in [6, 6.07) is 6.69. The molecule has 0 atom stereocenters. The Balaban J connectivity index is 1.64. The number of hydrogen-bond donors (Lipinski definition) is 1. The van der Waals surface area contributed by atoms with Gasteiger partial charge in [-0.3, -0.25) is 0 Å². The van der Waals surface area contributed by atoms with Crippen LogP contribution in [0.5, 0.6) is 0 Å². The Morgan fingerprint density at radius 3 is 2.08 bits per heavy atom. The minimum absolute atomic E-state index is 0.187. The van der Waals surface area contributed by atoms with Gasteiger partial charge in [0.1, 0.15) is 0 Å².